The van der Waals surface area contributed by atoms with Gasteiger partial charge in [-0.3, -0.25) is 13.9 Å². The SMILES string of the molecule is COc1ccc(OC)c(N(CC(=O)N(Cc2ccccc2)C(C)C(=O)NC2CCCCC2)S(=O)(=O)c2ccc(OC)c(OC)c2)c1. The van der Waals surface area contributed by atoms with E-state index in [1.54, 1.807) is 19.1 Å². The Bertz CT molecular complexity index is 1590. The van der Waals surface area contributed by atoms with E-state index < -0.39 is 28.5 Å². The Labute approximate surface area is 271 Å². The van der Waals surface area contributed by atoms with Crippen LogP contribution in [0.1, 0.15) is 44.6 Å². The zero-order valence-electron chi connectivity index (χ0n) is 27.0. The quantitative estimate of drug-likeness (QED) is 0.264. The second-order valence-corrected chi connectivity index (χ2v) is 13.0. The molecule has 1 aliphatic rings. The molecule has 0 aliphatic heterocycles. The van der Waals surface area contributed by atoms with Gasteiger partial charge in [-0.15, -0.1) is 0 Å². The highest BCUT2D eigenvalue weighted by molar-refractivity contribution is 7.92. The normalized spacial score (nSPS) is 14.1. The van der Waals surface area contributed by atoms with E-state index in [9.17, 15) is 18.0 Å². The van der Waals surface area contributed by atoms with Gasteiger partial charge in [-0.2, -0.15) is 0 Å². The number of carbonyl (C=O) groups is 2. The second kappa shape index (κ2) is 15.7. The fourth-order valence-electron chi connectivity index (χ4n) is 5.54. The van der Waals surface area contributed by atoms with E-state index in [4.69, 9.17) is 18.9 Å². The zero-order chi connectivity index (χ0) is 33.3. The topological polar surface area (TPSA) is 124 Å². The lowest BCUT2D eigenvalue weighted by Gasteiger charge is -2.33. The molecule has 0 saturated heterocycles. The lowest BCUT2D eigenvalue weighted by molar-refractivity contribution is -0.139. The Morgan fingerprint density at radius 3 is 2.11 bits per heavy atom. The van der Waals surface area contributed by atoms with Gasteiger partial charge < -0.3 is 29.2 Å². The molecular formula is C34H43N3O8S. The van der Waals surface area contributed by atoms with E-state index >= 15 is 0 Å². The number of benzene rings is 3. The lowest BCUT2D eigenvalue weighted by Crippen LogP contribution is -2.53. The van der Waals surface area contributed by atoms with E-state index in [2.05, 4.69) is 5.32 Å². The molecule has 1 aliphatic carbocycles. The Hall–Kier alpha value is -4.45. The number of nitrogens with one attached hydrogen (secondary N) is 1. The summed E-state index contributed by atoms with van der Waals surface area (Å²) in [6, 6.07) is 17.3. The molecule has 3 aromatic carbocycles. The summed E-state index contributed by atoms with van der Waals surface area (Å²) < 4.78 is 51.5. The van der Waals surface area contributed by atoms with Crippen molar-refractivity contribution in [3.63, 3.8) is 0 Å². The maximum absolute atomic E-state index is 14.4. The Kier molecular flexibility index (Phi) is 11.8. The molecular weight excluding hydrogens is 610 g/mol. The highest BCUT2D eigenvalue weighted by Crippen LogP contribution is 2.38. The largest absolute Gasteiger partial charge is 0.497 e. The first-order chi connectivity index (χ1) is 22.1. The molecule has 1 fully saturated rings. The molecule has 46 heavy (non-hydrogen) atoms. The van der Waals surface area contributed by atoms with Gasteiger partial charge >= 0.3 is 0 Å². The van der Waals surface area contributed by atoms with Crippen molar-refractivity contribution in [1.82, 2.24) is 10.2 Å². The van der Waals surface area contributed by atoms with Gasteiger partial charge in [-0.05, 0) is 49.6 Å². The standard InChI is InChI=1S/C34H43N3O8S/c1-24(34(39)35-26-14-10-7-11-15-26)36(22-25-12-8-6-9-13-25)33(38)23-37(29-20-27(42-2)16-18-30(29)43-3)46(40,41)28-17-19-31(44-4)32(21-28)45-5/h6,8-9,12-13,16-21,24,26H,7,10-11,14-15,22-23H2,1-5H3,(H,35,39). The van der Waals surface area contributed by atoms with Crippen LogP contribution in [0, 0.1) is 0 Å². The number of anilines is 1. The maximum atomic E-state index is 14.4. The first-order valence-electron chi connectivity index (χ1n) is 15.2. The van der Waals surface area contributed by atoms with E-state index in [0.29, 0.717) is 11.5 Å². The van der Waals surface area contributed by atoms with Gasteiger partial charge in [-0.25, -0.2) is 8.42 Å². The number of ether oxygens (including phenoxy) is 4. The van der Waals surface area contributed by atoms with Gasteiger partial charge in [0.05, 0.1) is 39.0 Å². The molecule has 1 N–H and O–H groups in total. The van der Waals surface area contributed by atoms with Crippen molar-refractivity contribution < 1.29 is 37.0 Å². The Balaban J connectivity index is 1.77. The van der Waals surface area contributed by atoms with Gasteiger partial charge in [0.15, 0.2) is 11.5 Å². The van der Waals surface area contributed by atoms with Crippen molar-refractivity contribution in [2.45, 2.75) is 62.6 Å². The lowest BCUT2D eigenvalue weighted by atomic mass is 9.95. The highest BCUT2D eigenvalue weighted by atomic mass is 32.2. The monoisotopic (exact) mass is 653 g/mol. The Morgan fingerprint density at radius 2 is 1.48 bits per heavy atom. The fourth-order valence-corrected chi connectivity index (χ4v) is 6.97. The van der Waals surface area contributed by atoms with Crippen LogP contribution in [-0.4, -0.2) is 72.2 Å². The van der Waals surface area contributed by atoms with Crippen molar-refractivity contribution >= 4 is 27.5 Å². The van der Waals surface area contributed by atoms with E-state index in [1.807, 2.05) is 30.3 Å². The van der Waals surface area contributed by atoms with Crippen molar-refractivity contribution in [2.24, 2.45) is 0 Å². The van der Waals surface area contributed by atoms with Crippen LogP contribution in [0.3, 0.4) is 0 Å². The van der Waals surface area contributed by atoms with Gasteiger partial charge in [-0.1, -0.05) is 49.6 Å². The fraction of sp³-hybridized carbons (Fsp3) is 0.412. The van der Waals surface area contributed by atoms with Crippen LogP contribution in [0.5, 0.6) is 23.0 Å². The average molecular weight is 654 g/mol. The van der Waals surface area contributed by atoms with Crippen LogP contribution in [0.4, 0.5) is 5.69 Å². The molecule has 0 radical (unpaired) electrons. The second-order valence-electron chi connectivity index (χ2n) is 11.1. The van der Waals surface area contributed by atoms with Gasteiger partial charge in [0.25, 0.3) is 10.0 Å². The zero-order valence-corrected chi connectivity index (χ0v) is 27.8. The molecule has 248 valence electrons. The smallest absolute Gasteiger partial charge is 0.265 e. The molecule has 4 rings (SSSR count). The molecule has 0 bridgehead atoms. The number of carbonyl (C=O) groups excluding carboxylic acids is 2. The van der Waals surface area contributed by atoms with E-state index in [-0.39, 0.29) is 40.6 Å². The van der Waals surface area contributed by atoms with Crippen LogP contribution in [0.2, 0.25) is 0 Å². The first-order valence-corrected chi connectivity index (χ1v) is 16.7. The predicted molar refractivity (Wildman–Crippen MR) is 175 cm³/mol. The number of nitrogens with zero attached hydrogens (tertiary/aromatic N) is 2. The first kappa shape index (κ1) is 34.4. The molecule has 11 nitrogen and oxygen atoms in total. The summed E-state index contributed by atoms with van der Waals surface area (Å²) in [5.41, 5.74) is 0.880. The Morgan fingerprint density at radius 1 is 0.826 bits per heavy atom. The summed E-state index contributed by atoms with van der Waals surface area (Å²) in [6.45, 7) is 1.13. The van der Waals surface area contributed by atoms with Crippen LogP contribution in [0.25, 0.3) is 0 Å². The summed E-state index contributed by atoms with van der Waals surface area (Å²) in [5.74, 6) is 0.238. The van der Waals surface area contributed by atoms with Crippen molar-refractivity contribution in [3.05, 3.63) is 72.3 Å². The third-order valence-corrected chi connectivity index (χ3v) is 9.95. The number of methoxy groups -OCH3 is 4. The predicted octanol–water partition coefficient (Wildman–Crippen LogP) is 4.78. The van der Waals surface area contributed by atoms with Crippen molar-refractivity contribution in [1.29, 1.82) is 0 Å². The third-order valence-electron chi connectivity index (χ3n) is 8.19. The van der Waals surface area contributed by atoms with Crippen LogP contribution < -0.4 is 28.6 Å². The minimum atomic E-state index is -4.43. The summed E-state index contributed by atoms with van der Waals surface area (Å²) in [7, 11) is 1.30. The third kappa shape index (κ3) is 8.03. The van der Waals surface area contributed by atoms with Crippen LogP contribution >= 0.6 is 0 Å². The summed E-state index contributed by atoms with van der Waals surface area (Å²) in [4.78, 5) is 29.2. The minimum Gasteiger partial charge on any atom is -0.497 e. The molecule has 12 heteroatoms. The average Bonchev–Trinajstić information content (AvgIpc) is 3.09. The number of rotatable bonds is 14. The maximum Gasteiger partial charge on any atom is 0.265 e. The van der Waals surface area contributed by atoms with Gasteiger partial charge in [0.2, 0.25) is 11.8 Å². The number of sulfonamides is 1. The van der Waals surface area contributed by atoms with Crippen LogP contribution in [-0.2, 0) is 26.2 Å². The molecule has 0 aromatic heterocycles. The molecule has 0 heterocycles. The van der Waals surface area contributed by atoms with E-state index in [0.717, 1.165) is 42.0 Å². The van der Waals surface area contributed by atoms with Gasteiger partial charge in [0.1, 0.15) is 24.1 Å². The molecule has 0 spiro atoms. The van der Waals surface area contributed by atoms with Crippen LogP contribution in [0.15, 0.2) is 71.6 Å². The molecule has 3 aromatic rings. The molecule has 1 unspecified atom stereocenters. The summed E-state index contributed by atoms with van der Waals surface area (Å²) >= 11 is 0. The van der Waals surface area contributed by atoms with Crippen molar-refractivity contribution in [2.75, 3.05) is 39.3 Å². The summed E-state index contributed by atoms with van der Waals surface area (Å²) in [5, 5.41) is 3.11. The van der Waals surface area contributed by atoms with Gasteiger partial charge in [0, 0.05) is 24.7 Å². The van der Waals surface area contributed by atoms with E-state index in [1.165, 1.54) is 57.6 Å². The molecule has 1 saturated carbocycles. The summed E-state index contributed by atoms with van der Waals surface area (Å²) in [6.07, 6.45) is 4.99. The highest BCUT2D eigenvalue weighted by Gasteiger charge is 2.35. The number of hydrogen-bond donors (Lipinski definition) is 1. The molecule has 1 atom stereocenters. The minimum absolute atomic E-state index is 0.0420. The number of amides is 2. The molecule has 2 amide bonds. The van der Waals surface area contributed by atoms with Crippen molar-refractivity contribution in [3.8, 4) is 23.0 Å². The number of hydrogen-bond acceptors (Lipinski definition) is 8.